The summed E-state index contributed by atoms with van der Waals surface area (Å²) in [5, 5.41) is 11.9. The second-order valence-electron chi connectivity index (χ2n) is 8.20. The zero-order chi connectivity index (χ0) is 21.3. The van der Waals surface area contributed by atoms with Crippen LogP contribution in [-0.4, -0.2) is 21.9 Å². The second-order valence-corrected chi connectivity index (χ2v) is 8.61. The fourth-order valence-corrected chi connectivity index (χ4v) is 4.24. The molecule has 0 radical (unpaired) electrons. The van der Waals surface area contributed by atoms with Crippen LogP contribution in [0.3, 0.4) is 0 Å². The first-order valence-electron chi connectivity index (χ1n) is 9.97. The van der Waals surface area contributed by atoms with Gasteiger partial charge in [0.15, 0.2) is 0 Å². The minimum Gasteiger partial charge on any atom is -0.393 e. The van der Waals surface area contributed by atoms with E-state index in [-0.39, 0.29) is 12.2 Å². The summed E-state index contributed by atoms with van der Waals surface area (Å²) < 4.78 is 22.3. The molecule has 3 rings (SSSR count). The molecule has 0 amide bonds. The summed E-state index contributed by atoms with van der Waals surface area (Å²) in [6.07, 6.45) is 6.13. The van der Waals surface area contributed by atoms with Crippen LogP contribution in [0.25, 0.3) is 10.9 Å². The lowest BCUT2D eigenvalue weighted by Gasteiger charge is -2.31. The van der Waals surface area contributed by atoms with Gasteiger partial charge in [-0.25, -0.2) is 4.39 Å². The van der Waals surface area contributed by atoms with Crippen LogP contribution in [0, 0.1) is 6.92 Å². The molecule has 29 heavy (non-hydrogen) atoms. The van der Waals surface area contributed by atoms with Gasteiger partial charge in [0.1, 0.15) is 5.83 Å². The Bertz CT molecular complexity index is 974. The van der Waals surface area contributed by atoms with Gasteiger partial charge in [0, 0.05) is 29.1 Å². The highest BCUT2D eigenvalue weighted by Crippen LogP contribution is 2.40. The van der Waals surface area contributed by atoms with Crippen molar-refractivity contribution in [3.8, 4) is 0 Å². The number of halogens is 2. The summed E-state index contributed by atoms with van der Waals surface area (Å²) in [6, 6.07) is 3.84. The molecule has 3 nitrogen and oxygen atoms in total. The van der Waals surface area contributed by atoms with E-state index < -0.39 is 11.9 Å². The molecule has 1 saturated heterocycles. The predicted octanol–water partition coefficient (Wildman–Crippen LogP) is 6.58. The van der Waals surface area contributed by atoms with Gasteiger partial charge in [-0.1, -0.05) is 42.0 Å². The molecule has 0 aliphatic carbocycles. The predicted molar refractivity (Wildman–Crippen MR) is 118 cm³/mol. The number of allylic oxidation sites excluding steroid dienone is 5. The number of benzene rings is 1. The number of aliphatic hydroxyl groups excluding tert-OH is 1. The number of aromatic nitrogens is 1. The molecule has 1 fully saturated rings. The Morgan fingerprint density at radius 3 is 2.69 bits per heavy atom. The first kappa shape index (κ1) is 21.8. The maximum atomic E-state index is 14.1. The van der Waals surface area contributed by atoms with Gasteiger partial charge < -0.3 is 14.4 Å². The summed E-state index contributed by atoms with van der Waals surface area (Å²) in [4.78, 5) is 0. The lowest BCUT2D eigenvalue weighted by molar-refractivity contribution is -0.0890. The average Bonchev–Trinajstić information content (AvgIpc) is 3.01. The molecule has 1 N–H and O–H groups in total. The highest BCUT2D eigenvalue weighted by molar-refractivity contribution is 6.35. The topological polar surface area (TPSA) is 34.4 Å². The Labute approximate surface area is 177 Å². The van der Waals surface area contributed by atoms with Gasteiger partial charge in [0.05, 0.1) is 35.4 Å². The molecule has 0 saturated carbocycles. The molecular formula is C24H29ClFNO2. The van der Waals surface area contributed by atoms with Crippen molar-refractivity contribution in [3.05, 3.63) is 70.2 Å². The molecule has 2 heterocycles. The maximum Gasteiger partial charge on any atom is 0.121 e. The van der Waals surface area contributed by atoms with E-state index in [0.29, 0.717) is 30.0 Å². The highest BCUT2D eigenvalue weighted by Gasteiger charge is 2.30. The average molecular weight is 418 g/mol. The van der Waals surface area contributed by atoms with Crippen LogP contribution in [-0.2, 0) is 11.3 Å². The summed E-state index contributed by atoms with van der Waals surface area (Å²) in [5.41, 5.74) is 4.47. The zero-order valence-corrected chi connectivity index (χ0v) is 18.3. The van der Waals surface area contributed by atoms with Crippen molar-refractivity contribution in [2.45, 2.75) is 65.4 Å². The maximum absolute atomic E-state index is 14.1. The minimum absolute atomic E-state index is 0.0274. The zero-order valence-electron chi connectivity index (χ0n) is 17.5. The number of hydrogen-bond donors (Lipinski definition) is 1. The van der Waals surface area contributed by atoms with Gasteiger partial charge in [-0.05, 0) is 45.7 Å². The van der Waals surface area contributed by atoms with Crippen molar-refractivity contribution in [2.75, 3.05) is 0 Å². The third-order valence-corrected chi connectivity index (χ3v) is 5.65. The smallest absolute Gasteiger partial charge is 0.121 e. The lowest BCUT2D eigenvalue weighted by Crippen LogP contribution is -2.29. The van der Waals surface area contributed by atoms with Crippen LogP contribution in [0.5, 0.6) is 0 Å². The molecule has 1 aromatic heterocycles. The third kappa shape index (κ3) is 4.82. The van der Waals surface area contributed by atoms with Crippen LogP contribution in [0.15, 0.2) is 54.0 Å². The highest BCUT2D eigenvalue weighted by atomic mass is 35.5. The Balaban J connectivity index is 2.13. The van der Waals surface area contributed by atoms with E-state index in [1.54, 1.807) is 6.08 Å². The fraction of sp³-hybridized carbons (Fsp3) is 0.417. The number of aliphatic hydroxyl groups is 1. The van der Waals surface area contributed by atoms with E-state index in [4.69, 9.17) is 16.3 Å². The van der Waals surface area contributed by atoms with E-state index in [0.717, 1.165) is 27.6 Å². The van der Waals surface area contributed by atoms with Crippen molar-refractivity contribution in [3.63, 3.8) is 0 Å². The number of hydrogen-bond acceptors (Lipinski definition) is 2. The number of fused-ring (bicyclic) bond motifs is 1. The molecule has 0 bridgehead atoms. The molecule has 1 aliphatic rings. The number of aryl methyl sites for hydroxylation is 1. The largest absolute Gasteiger partial charge is 0.393 e. The Kier molecular flexibility index (Phi) is 6.67. The van der Waals surface area contributed by atoms with Crippen LogP contribution >= 0.6 is 11.6 Å². The van der Waals surface area contributed by atoms with Crippen molar-refractivity contribution in [2.24, 2.45) is 0 Å². The van der Waals surface area contributed by atoms with E-state index in [2.05, 4.69) is 6.58 Å². The van der Waals surface area contributed by atoms with Crippen molar-refractivity contribution in [1.29, 1.82) is 0 Å². The summed E-state index contributed by atoms with van der Waals surface area (Å²) in [6.45, 7) is 11.7. The SMILES string of the molecule is C=C(F)/C(=C\C=C(C)C)Cn1cc([C@H]2C[C@@H](O)C[C@@H](C)O2)c2c(C)ccc(Cl)c21. The van der Waals surface area contributed by atoms with Crippen molar-refractivity contribution < 1.29 is 14.2 Å². The fourth-order valence-electron chi connectivity index (χ4n) is 3.98. The van der Waals surface area contributed by atoms with Crippen LogP contribution in [0.1, 0.15) is 50.8 Å². The molecular weight excluding hydrogens is 389 g/mol. The summed E-state index contributed by atoms with van der Waals surface area (Å²) in [7, 11) is 0. The van der Waals surface area contributed by atoms with Gasteiger partial charge in [0.25, 0.3) is 0 Å². The van der Waals surface area contributed by atoms with Crippen molar-refractivity contribution >= 4 is 22.5 Å². The molecule has 5 heteroatoms. The van der Waals surface area contributed by atoms with E-state index in [9.17, 15) is 9.50 Å². The van der Waals surface area contributed by atoms with Gasteiger partial charge >= 0.3 is 0 Å². The van der Waals surface area contributed by atoms with Crippen LogP contribution in [0.2, 0.25) is 5.02 Å². The number of rotatable bonds is 5. The molecule has 156 valence electrons. The molecule has 1 aromatic carbocycles. The lowest BCUT2D eigenvalue weighted by atomic mass is 9.95. The Hall–Kier alpha value is -1.88. The first-order valence-corrected chi connectivity index (χ1v) is 10.3. The monoisotopic (exact) mass is 417 g/mol. The van der Waals surface area contributed by atoms with Crippen molar-refractivity contribution in [1.82, 2.24) is 4.57 Å². The molecule has 1 aliphatic heterocycles. The normalized spacial score (nSPS) is 22.7. The molecule has 0 unspecified atom stereocenters. The number of ether oxygens (including phenoxy) is 1. The standard InChI is InChI=1S/C24H29ClFNO2/c1-14(2)6-8-18(17(5)26)12-27-13-20(22-11-19(28)10-16(4)29-22)23-15(3)7-9-21(25)24(23)27/h6-9,13,16,19,22,28H,5,10-12H2,1-4H3/b18-8-/t16-,19+,22-/m1/s1. The van der Waals surface area contributed by atoms with Crippen LogP contribution < -0.4 is 0 Å². The number of nitrogens with zero attached hydrogens (tertiary/aromatic N) is 1. The second kappa shape index (κ2) is 8.86. The van der Waals surface area contributed by atoms with Crippen LogP contribution in [0.4, 0.5) is 4.39 Å². The van der Waals surface area contributed by atoms with Gasteiger partial charge in [-0.15, -0.1) is 0 Å². The molecule has 2 aromatic rings. The van der Waals surface area contributed by atoms with Gasteiger partial charge in [-0.2, -0.15) is 0 Å². The van der Waals surface area contributed by atoms with E-state index in [1.807, 2.05) is 56.7 Å². The Morgan fingerprint density at radius 1 is 1.34 bits per heavy atom. The van der Waals surface area contributed by atoms with E-state index in [1.165, 1.54) is 0 Å². The summed E-state index contributed by atoms with van der Waals surface area (Å²) in [5.74, 6) is -0.465. The third-order valence-electron chi connectivity index (χ3n) is 5.35. The quantitative estimate of drug-likeness (QED) is 0.557. The van der Waals surface area contributed by atoms with E-state index >= 15 is 0 Å². The Morgan fingerprint density at radius 2 is 2.07 bits per heavy atom. The van der Waals surface area contributed by atoms with Gasteiger partial charge in [0.2, 0.25) is 0 Å². The molecule has 0 spiro atoms. The first-order chi connectivity index (χ1) is 13.7. The van der Waals surface area contributed by atoms with Gasteiger partial charge in [-0.3, -0.25) is 0 Å². The molecule has 3 atom stereocenters. The minimum atomic E-state index is -0.465. The summed E-state index contributed by atoms with van der Waals surface area (Å²) >= 11 is 6.58.